The van der Waals surface area contributed by atoms with E-state index in [0.717, 1.165) is 22.9 Å². The van der Waals surface area contributed by atoms with Crippen LogP contribution in [0.25, 0.3) is 0 Å². The van der Waals surface area contributed by atoms with Crippen molar-refractivity contribution >= 4 is 37.5 Å². The predicted octanol–water partition coefficient (Wildman–Crippen LogP) is 4.34. The second-order valence-electron chi connectivity index (χ2n) is 7.16. The third kappa shape index (κ3) is 5.18. The Labute approximate surface area is 180 Å². The van der Waals surface area contributed by atoms with Crippen LogP contribution in [-0.2, 0) is 14.8 Å². The van der Waals surface area contributed by atoms with Crippen LogP contribution in [0.15, 0.2) is 51.8 Å². The molecule has 29 heavy (non-hydrogen) atoms. The average Bonchev–Trinajstić information content (AvgIpc) is 2.71. The average molecular weight is 481 g/mol. The second-order valence-corrected chi connectivity index (χ2v) is 9.90. The molecule has 1 amide bonds. The first kappa shape index (κ1) is 21.8. The van der Waals surface area contributed by atoms with E-state index in [9.17, 15) is 13.2 Å². The standard InChI is InChI=1S/C21H25BrN2O4S/c1-15-13-16(6-11-20(15)22)23-21(25)14-17-5-3-4-12-24(17)29(26,27)19-9-7-18(28-2)8-10-19/h6-11,13,17H,3-5,12,14H2,1-2H3,(H,23,25)/t17-/m1/s1. The molecular formula is C21H25BrN2O4S. The van der Waals surface area contributed by atoms with Crippen LogP contribution in [0, 0.1) is 6.92 Å². The lowest BCUT2D eigenvalue weighted by Gasteiger charge is -2.34. The minimum atomic E-state index is -3.68. The predicted molar refractivity (Wildman–Crippen MR) is 117 cm³/mol. The topological polar surface area (TPSA) is 75.7 Å². The Morgan fingerprint density at radius 2 is 1.93 bits per heavy atom. The van der Waals surface area contributed by atoms with Crippen molar-refractivity contribution in [2.45, 2.75) is 43.5 Å². The lowest BCUT2D eigenvalue weighted by atomic mass is 10.0. The molecule has 1 aliphatic rings. The highest BCUT2D eigenvalue weighted by Crippen LogP contribution is 2.28. The van der Waals surface area contributed by atoms with E-state index in [-0.39, 0.29) is 23.3 Å². The molecule has 1 fully saturated rings. The molecule has 1 N–H and O–H groups in total. The van der Waals surface area contributed by atoms with Gasteiger partial charge in [0.05, 0.1) is 12.0 Å². The lowest BCUT2D eigenvalue weighted by molar-refractivity contribution is -0.117. The number of ether oxygens (including phenoxy) is 1. The van der Waals surface area contributed by atoms with E-state index in [2.05, 4.69) is 21.2 Å². The van der Waals surface area contributed by atoms with Crippen molar-refractivity contribution in [1.82, 2.24) is 4.31 Å². The molecule has 0 radical (unpaired) electrons. The summed E-state index contributed by atoms with van der Waals surface area (Å²) in [7, 11) is -2.14. The SMILES string of the molecule is COc1ccc(S(=O)(=O)N2CCCC[C@@H]2CC(=O)Nc2ccc(Br)c(C)c2)cc1. The number of amides is 1. The van der Waals surface area contributed by atoms with Crippen molar-refractivity contribution in [2.24, 2.45) is 0 Å². The molecule has 1 aliphatic heterocycles. The van der Waals surface area contributed by atoms with Gasteiger partial charge in [-0.05, 0) is 67.8 Å². The Morgan fingerprint density at radius 1 is 1.21 bits per heavy atom. The minimum absolute atomic E-state index is 0.129. The third-order valence-corrected chi connectivity index (χ3v) is 7.96. The molecule has 6 nitrogen and oxygen atoms in total. The van der Waals surface area contributed by atoms with E-state index < -0.39 is 10.0 Å². The van der Waals surface area contributed by atoms with Crippen molar-refractivity contribution in [3.05, 3.63) is 52.5 Å². The molecule has 2 aromatic rings. The summed E-state index contributed by atoms with van der Waals surface area (Å²) in [4.78, 5) is 12.8. The number of aryl methyl sites for hydroxylation is 1. The number of hydrogen-bond donors (Lipinski definition) is 1. The smallest absolute Gasteiger partial charge is 0.243 e. The van der Waals surface area contributed by atoms with Gasteiger partial charge in [0.25, 0.3) is 0 Å². The molecule has 1 saturated heterocycles. The molecule has 0 aromatic heterocycles. The maximum atomic E-state index is 13.2. The van der Waals surface area contributed by atoms with E-state index in [4.69, 9.17) is 4.74 Å². The molecule has 2 aromatic carbocycles. The van der Waals surface area contributed by atoms with E-state index in [1.54, 1.807) is 24.3 Å². The molecule has 0 bridgehead atoms. The quantitative estimate of drug-likeness (QED) is 0.666. The highest BCUT2D eigenvalue weighted by atomic mass is 79.9. The number of sulfonamides is 1. The molecule has 3 rings (SSSR count). The van der Waals surface area contributed by atoms with Crippen molar-refractivity contribution in [2.75, 3.05) is 19.0 Å². The van der Waals surface area contributed by atoms with Crippen LogP contribution in [0.5, 0.6) is 5.75 Å². The van der Waals surface area contributed by atoms with E-state index >= 15 is 0 Å². The van der Waals surface area contributed by atoms with Gasteiger partial charge in [-0.25, -0.2) is 8.42 Å². The number of nitrogens with one attached hydrogen (secondary N) is 1. The zero-order chi connectivity index (χ0) is 21.0. The number of hydrogen-bond acceptors (Lipinski definition) is 4. The van der Waals surface area contributed by atoms with Crippen LogP contribution in [0.3, 0.4) is 0 Å². The van der Waals surface area contributed by atoms with Gasteiger partial charge < -0.3 is 10.1 Å². The Hall–Kier alpha value is -1.90. The van der Waals surface area contributed by atoms with Gasteiger partial charge >= 0.3 is 0 Å². The summed E-state index contributed by atoms with van der Waals surface area (Å²) in [6.07, 6.45) is 2.50. The van der Waals surface area contributed by atoms with E-state index in [1.165, 1.54) is 11.4 Å². The molecule has 1 atom stereocenters. The summed E-state index contributed by atoms with van der Waals surface area (Å²) in [6, 6.07) is 11.6. The fraction of sp³-hybridized carbons (Fsp3) is 0.381. The number of nitrogens with zero attached hydrogens (tertiary/aromatic N) is 1. The number of anilines is 1. The fourth-order valence-corrected chi connectivity index (χ4v) is 5.47. The molecule has 0 aliphatic carbocycles. The van der Waals surface area contributed by atoms with Gasteiger partial charge in [-0.15, -0.1) is 0 Å². The number of methoxy groups -OCH3 is 1. The Kier molecular flexibility index (Phi) is 6.97. The largest absolute Gasteiger partial charge is 0.497 e. The number of rotatable bonds is 6. The first-order chi connectivity index (χ1) is 13.8. The summed E-state index contributed by atoms with van der Waals surface area (Å²) in [5.41, 5.74) is 1.72. The molecular weight excluding hydrogens is 456 g/mol. The molecule has 8 heteroatoms. The fourth-order valence-electron chi connectivity index (χ4n) is 3.53. The maximum absolute atomic E-state index is 13.2. The first-order valence-electron chi connectivity index (χ1n) is 9.53. The summed E-state index contributed by atoms with van der Waals surface area (Å²) in [5.74, 6) is 0.414. The van der Waals surface area contributed by atoms with Crippen LogP contribution >= 0.6 is 15.9 Å². The van der Waals surface area contributed by atoms with E-state index in [0.29, 0.717) is 24.4 Å². The van der Waals surface area contributed by atoms with Gasteiger partial charge in [0.2, 0.25) is 15.9 Å². The molecule has 0 unspecified atom stereocenters. The van der Waals surface area contributed by atoms with E-state index in [1.807, 2.05) is 25.1 Å². The molecule has 1 heterocycles. The van der Waals surface area contributed by atoms with Crippen LogP contribution in [0.2, 0.25) is 0 Å². The summed E-state index contributed by atoms with van der Waals surface area (Å²) in [6.45, 7) is 2.37. The van der Waals surface area contributed by atoms with Crippen LogP contribution in [0.4, 0.5) is 5.69 Å². The molecule has 0 spiro atoms. The first-order valence-corrected chi connectivity index (χ1v) is 11.8. The number of halogens is 1. The third-order valence-electron chi connectivity index (χ3n) is 5.10. The van der Waals surface area contributed by atoms with Gasteiger partial charge in [-0.3, -0.25) is 4.79 Å². The Bertz CT molecular complexity index is 977. The number of benzene rings is 2. The van der Waals surface area contributed by atoms with Gasteiger partial charge in [0.15, 0.2) is 0 Å². The zero-order valence-electron chi connectivity index (χ0n) is 16.5. The van der Waals surface area contributed by atoms with Crippen molar-refractivity contribution < 1.29 is 17.9 Å². The zero-order valence-corrected chi connectivity index (χ0v) is 18.9. The molecule has 0 saturated carbocycles. The second kappa shape index (κ2) is 9.28. The highest BCUT2D eigenvalue weighted by Gasteiger charge is 2.34. The summed E-state index contributed by atoms with van der Waals surface area (Å²) < 4.78 is 33.9. The monoisotopic (exact) mass is 480 g/mol. The van der Waals surface area contributed by atoms with Gasteiger partial charge in [0.1, 0.15) is 5.75 Å². The van der Waals surface area contributed by atoms with Gasteiger partial charge in [-0.1, -0.05) is 22.4 Å². The van der Waals surface area contributed by atoms with Crippen molar-refractivity contribution in [1.29, 1.82) is 0 Å². The van der Waals surface area contributed by atoms with Crippen LogP contribution < -0.4 is 10.1 Å². The van der Waals surface area contributed by atoms with Gasteiger partial charge in [-0.2, -0.15) is 4.31 Å². The van der Waals surface area contributed by atoms with Crippen molar-refractivity contribution in [3.8, 4) is 5.75 Å². The minimum Gasteiger partial charge on any atom is -0.497 e. The summed E-state index contributed by atoms with van der Waals surface area (Å²) >= 11 is 3.44. The lowest BCUT2D eigenvalue weighted by Crippen LogP contribution is -2.45. The highest BCUT2D eigenvalue weighted by molar-refractivity contribution is 9.10. The van der Waals surface area contributed by atoms with Crippen LogP contribution in [-0.4, -0.2) is 38.3 Å². The van der Waals surface area contributed by atoms with Crippen molar-refractivity contribution in [3.63, 3.8) is 0 Å². The normalized spacial score (nSPS) is 17.7. The van der Waals surface area contributed by atoms with Gasteiger partial charge in [0, 0.05) is 29.2 Å². The molecule has 156 valence electrons. The Balaban J connectivity index is 1.74. The maximum Gasteiger partial charge on any atom is 0.243 e. The number of carbonyl (C=O) groups is 1. The Morgan fingerprint density at radius 3 is 2.59 bits per heavy atom. The number of carbonyl (C=O) groups excluding carboxylic acids is 1. The number of piperidine rings is 1. The summed E-state index contributed by atoms with van der Waals surface area (Å²) in [5, 5.41) is 2.89. The van der Waals surface area contributed by atoms with Crippen LogP contribution in [0.1, 0.15) is 31.2 Å².